The number of carbonyl (C=O) groups is 1. The monoisotopic (exact) mass is 484 g/mol. The maximum Gasteiger partial charge on any atom is 0.234 e. The highest BCUT2D eigenvalue weighted by molar-refractivity contribution is 9.10. The van der Waals surface area contributed by atoms with E-state index in [2.05, 4.69) is 31.4 Å². The van der Waals surface area contributed by atoms with E-state index >= 15 is 0 Å². The van der Waals surface area contributed by atoms with Gasteiger partial charge in [0.15, 0.2) is 11.0 Å². The highest BCUT2D eigenvalue weighted by Crippen LogP contribution is 2.28. The molecule has 0 aliphatic heterocycles. The fourth-order valence-electron chi connectivity index (χ4n) is 2.43. The first-order chi connectivity index (χ1) is 13.0. The van der Waals surface area contributed by atoms with Gasteiger partial charge in [0.25, 0.3) is 0 Å². The standard InChI is InChI=1S/C18H15BrCl2N4OS/c1-2-25-17(11-4-3-5-13(20)8-11)23-24-18(25)27-10-16(26)22-15-7-6-12(19)9-14(15)21/h3-9H,2,10H2,1H3,(H,22,26). The first-order valence-corrected chi connectivity index (χ1v) is 10.6. The minimum Gasteiger partial charge on any atom is -0.324 e. The van der Waals surface area contributed by atoms with E-state index in [1.165, 1.54) is 11.8 Å². The van der Waals surface area contributed by atoms with Crippen molar-refractivity contribution >= 4 is 62.5 Å². The topological polar surface area (TPSA) is 59.8 Å². The van der Waals surface area contributed by atoms with Gasteiger partial charge in [-0.1, -0.05) is 63.0 Å². The lowest BCUT2D eigenvalue weighted by Gasteiger charge is -2.09. The predicted molar refractivity (Wildman–Crippen MR) is 115 cm³/mol. The number of nitrogens with one attached hydrogen (secondary N) is 1. The molecule has 140 valence electrons. The number of anilines is 1. The van der Waals surface area contributed by atoms with E-state index in [-0.39, 0.29) is 11.7 Å². The van der Waals surface area contributed by atoms with Crippen molar-refractivity contribution in [3.63, 3.8) is 0 Å². The molecule has 0 unspecified atom stereocenters. The predicted octanol–water partition coefficient (Wildman–Crippen LogP) is 5.77. The van der Waals surface area contributed by atoms with E-state index in [0.29, 0.717) is 27.4 Å². The van der Waals surface area contributed by atoms with Crippen molar-refractivity contribution in [2.24, 2.45) is 0 Å². The number of nitrogens with zero attached hydrogens (tertiary/aromatic N) is 3. The summed E-state index contributed by atoms with van der Waals surface area (Å²) in [5, 5.41) is 13.1. The Kier molecular flexibility index (Phi) is 6.81. The Morgan fingerprint density at radius 1 is 1.22 bits per heavy atom. The van der Waals surface area contributed by atoms with E-state index in [1.54, 1.807) is 12.1 Å². The summed E-state index contributed by atoms with van der Waals surface area (Å²) in [5.41, 5.74) is 1.46. The zero-order valence-corrected chi connectivity index (χ0v) is 18.2. The van der Waals surface area contributed by atoms with Crippen molar-refractivity contribution < 1.29 is 4.79 Å². The van der Waals surface area contributed by atoms with E-state index in [4.69, 9.17) is 23.2 Å². The van der Waals surface area contributed by atoms with Crippen LogP contribution in [0.4, 0.5) is 5.69 Å². The average molecular weight is 486 g/mol. The minimum absolute atomic E-state index is 0.167. The molecule has 1 aromatic heterocycles. The summed E-state index contributed by atoms with van der Waals surface area (Å²) in [5.74, 6) is 0.748. The van der Waals surface area contributed by atoms with Crippen LogP contribution in [-0.2, 0) is 11.3 Å². The summed E-state index contributed by atoms with van der Waals surface area (Å²) in [7, 11) is 0. The number of carbonyl (C=O) groups excluding carboxylic acids is 1. The lowest BCUT2D eigenvalue weighted by Crippen LogP contribution is -2.15. The first-order valence-electron chi connectivity index (χ1n) is 8.04. The molecule has 0 spiro atoms. The number of hydrogen-bond acceptors (Lipinski definition) is 4. The highest BCUT2D eigenvalue weighted by Gasteiger charge is 2.15. The molecule has 3 aromatic rings. The molecule has 1 amide bonds. The molecule has 1 N–H and O–H groups in total. The van der Waals surface area contributed by atoms with Crippen LogP contribution in [0.25, 0.3) is 11.4 Å². The molecular weight excluding hydrogens is 471 g/mol. The Bertz CT molecular complexity index is 980. The molecule has 1 heterocycles. The van der Waals surface area contributed by atoms with Gasteiger partial charge in [-0.3, -0.25) is 4.79 Å². The van der Waals surface area contributed by atoms with Gasteiger partial charge in [-0.25, -0.2) is 0 Å². The molecule has 2 aromatic carbocycles. The van der Waals surface area contributed by atoms with Crippen LogP contribution in [0.5, 0.6) is 0 Å². The number of hydrogen-bond donors (Lipinski definition) is 1. The molecule has 0 radical (unpaired) electrons. The first kappa shape index (κ1) is 20.2. The molecule has 0 aliphatic carbocycles. The molecule has 9 heteroatoms. The summed E-state index contributed by atoms with van der Waals surface area (Å²) in [6.45, 7) is 2.68. The molecule has 27 heavy (non-hydrogen) atoms. The maximum atomic E-state index is 12.3. The molecule has 3 rings (SSSR count). The molecular formula is C18H15BrCl2N4OS. The Hall–Kier alpha value is -1.54. The van der Waals surface area contributed by atoms with E-state index < -0.39 is 0 Å². The molecule has 0 bridgehead atoms. The van der Waals surface area contributed by atoms with Gasteiger partial charge in [0.05, 0.1) is 16.5 Å². The summed E-state index contributed by atoms with van der Waals surface area (Å²) in [6, 6.07) is 12.8. The van der Waals surface area contributed by atoms with E-state index in [0.717, 1.165) is 15.9 Å². The molecule has 5 nitrogen and oxygen atoms in total. The Balaban J connectivity index is 1.70. The zero-order chi connectivity index (χ0) is 19.4. The molecule has 0 fully saturated rings. The summed E-state index contributed by atoms with van der Waals surface area (Å²) in [6.07, 6.45) is 0. The van der Waals surface area contributed by atoms with Gasteiger partial charge in [-0.15, -0.1) is 10.2 Å². The average Bonchev–Trinajstić information content (AvgIpc) is 3.05. The number of aromatic nitrogens is 3. The van der Waals surface area contributed by atoms with Crippen LogP contribution >= 0.6 is 50.9 Å². The smallest absolute Gasteiger partial charge is 0.234 e. The lowest BCUT2D eigenvalue weighted by molar-refractivity contribution is -0.113. The number of rotatable bonds is 6. The number of amides is 1. The largest absolute Gasteiger partial charge is 0.324 e. The van der Waals surface area contributed by atoms with Crippen molar-refractivity contribution in [1.29, 1.82) is 0 Å². The second-order valence-corrected chi connectivity index (χ2v) is 8.22. The van der Waals surface area contributed by atoms with Crippen LogP contribution in [0.15, 0.2) is 52.1 Å². The van der Waals surface area contributed by atoms with Crippen LogP contribution in [0.1, 0.15) is 6.92 Å². The third-order valence-corrected chi connectivity index (χ3v) is 5.66. The minimum atomic E-state index is -0.167. The number of thioether (sulfide) groups is 1. The van der Waals surface area contributed by atoms with Gasteiger partial charge in [0, 0.05) is 21.6 Å². The third kappa shape index (κ3) is 5.04. The molecule has 0 atom stereocenters. The number of halogens is 3. The van der Waals surface area contributed by atoms with Gasteiger partial charge in [-0.05, 0) is 37.3 Å². The summed E-state index contributed by atoms with van der Waals surface area (Å²) >= 11 is 16.9. The molecule has 0 saturated carbocycles. The van der Waals surface area contributed by atoms with Crippen molar-refractivity contribution in [2.45, 2.75) is 18.6 Å². The lowest BCUT2D eigenvalue weighted by atomic mass is 10.2. The normalized spacial score (nSPS) is 10.8. The quantitative estimate of drug-likeness (QED) is 0.450. The fourth-order valence-corrected chi connectivity index (χ4v) is 4.14. The van der Waals surface area contributed by atoms with Gasteiger partial charge in [0.2, 0.25) is 5.91 Å². The second-order valence-electron chi connectivity index (χ2n) is 5.52. The molecule has 0 aliphatic rings. The maximum absolute atomic E-state index is 12.3. The summed E-state index contributed by atoms with van der Waals surface area (Å²) in [4.78, 5) is 12.3. The second kappa shape index (κ2) is 9.10. The van der Waals surface area contributed by atoms with Crippen LogP contribution in [0.3, 0.4) is 0 Å². The van der Waals surface area contributed by atoms with Gasteiger partial charge >= 0.3 is 0 Å². The SMILES string of the molecule is CCn1c(SCC(=O)Nc2ccc(Br)cc2Cl)nnc1-c1cccc(Cl)c1. The molecule has 0 saturated heterocycles. The Morgan fingerprint density at radius 2 is 2.04 bits per heavy atom. The van der Waals surface area contributed by atoms with E-state index in [9.17, 15) is 4.79 Å². The van der Waals surface area contributed by atoms with Crippen molar-refractivity contribution in [2.75, 3.05) is 11.1 Å². The van der Waals surface area contributed by atoms with Gasteiger partial charge in [-0.2, -0.15) is 0 Å². The zero-order valence-electron chi connectivity index (χ0n) is 14.2. The van der Waals surface area contributed by atoms with Crippen molar-refractivity contribution in [3.8, 4) is 11.4 Å². The van der Waals surface area contributed by atoms with Crippen LogP contribution in [-0.4, -0.2) is 26.4 Å². The Morgan fingerprint density at radius 3 is 2.74 bits per heavy atom. The van der Waals surface area contributed by atoms with Gasteiger partial charge < -0.3 is 9.88 Å². The number of benzene rings is 2. The van der Waals surface area contributed by atoms with Gasteiger partial charge in [0.1, 0.15) is 0 Å². The van der Waals surface area contributed by atoms with Crippen LogP contribution in [0, 0.1) is 0 Å². The van der Waals surface area contributed by atoms with Crippen molar-refractivity contribution in [1.82, 2.24) is 14.8 Å². The highest BCUT2D eigenvalue weighted by atomic mass is 79.9. The Labute approximate surface area is 179 Å². The van der Waals surface area contributed by atoms with Crippen LogP contribution in [0.2, 0.25) is 10.0 Å². The van der Waals surface area contributed by atoms with E-state index in [1.807, 2.05) is 41.8 Å². The van der Waals surface area contributed by atoms with Crippen molar-refractivity contribution in [3.05, 3.63) is 57.0 Å². The fraction of sp³-hybridized carbons (Fsp3) is 0.167. The van der Waals surface area contributed by atoms with Crippen LogP contribution < -0.4 is 5.32 Å². The summed E-state index contributed by atoms with van der Waals surface area (Å²) < 4.78 is 2.81. The third-order valence-electron chi connectivity index (χ3n) is 3.65.